The van der Waals surface area contributed by atoms with E-state index >= 15 is 0 Å². The molecule has 0 aliphatic heterocycles. The Morgan fingerprint density at radius 1 is 1.09 bits per heavy atom. The molecule has 186 valence electrons. The summed E-state index contributed by atoms with van der Waals surface area (Å²) < 4.78 is 5.03. The molecule has 0 aromatic rings. The van der Waals surface area contributed by atoms with Gasteiger partial charge in [-0.1, -0.05) is 24.2 Å². The van der Waals surface area contributed by atoms with Crippen LogP contribution in [0.5, 0.6) is 0 Å². The van der Waals surface area contributed by atoms with Crippen LogP contribution >= 0.6 is 0 Å². The number of nitrogens with zero attached hydrogens (tertiary/aromatic N) is 2. The third-order valence-corrected chi connectivity index (χ3v) is 9.43. The molecule has 3 saturated carbocycles. The van der Waals surface area contributed by atoms with Crippen molar-refractivity contribution >= 4 is 11.4 Å². The summed E-state index contributed by atoms with van der Waals surface area (Å²) in [5.41, 5.74) is 0.999. The van der Waals surface area contributed by atoms with Crippen molar-refractivity contribution in [3.63, 3.8) is 0 Å². The molecule has 0 spiro atoms. The summed E-state index contributed by atoms with van der Waals surface area (Å²) in [6.45, 7) is 7.24. The van der Waals surface area contributed by atoms with Gasteiger partial charge in [0, 0.05) is 24.4 Å². The second-order valence-electron chi connectivity index (χ2n) is 11.0. The fraction of sp³-hybridized carbons (Fsp3) is 0.840. The molecule has 0 aromatic carbocycles. The predicted molar refractivity (Wildman–Crippen MR) is 125 cm³/mol. The van der Waals surface area contributed by atoms with E-state index in [-0.39, 0.29) is 28.6 Å². The third kappa shape index (κ3) is 3.74. The van der Waals surface area contributed by atoms with Crippen LogP contribution in [0.4, 0.5) is 0 Å². The number of aliphatic hydroxyl groups excluding tert-OH is 2. The minimum atomic E-state index is -0.993. The Balaban J connectivity index is 1.71. The number of rotatable bonds is 6. The number of aliphatic hydroxyl groups is 3. The van der Waals surface area contributed by atoms with Gasteiger partial charge in [0.2, 0.25) is 0 Å². The number of ether oxygens (including phenoxy) is 1. The maximum Gasteiger partial charge on any atom is 0.140 e. The number of oxime groups is 2. The average molecular weight is 465 g/mol. The first-order valence-corrected chi connectivity index (χ1v) is 12.2. The minimum absolute atomic E-state index is 0.0211. The van der Waals surface area contributed by atoms with E-state index in [4.69, 9.17) is 14.4 Å². The highest BCUT2D eigenvalue weighted by Gasteiger charge is 2.66. The van der Waals surface area contributed by atoms with Crippen molar-refractivity contribution in [3.05, 3.63) is 11.6 Å². The first kappa shape index (κ1) is 24.6. The molecule has 4 aliphatic rings. The molecule has 0 saturated heterocycles. The smallest absolute Gasteiger partial charge is 0.140 e. The van der Waals surface area contributed by atoms with E-state index in [0.717, 1.165) is 36.3 Å². The summed E-state index contributed by atoms with van der Waals surface area (Å²) in [4.78, 5) is 10.6. The Labute approximate surface area is 196 Å². The Morgan fingerprint density at radius 3 is 2.55 bits per heavy atom. The van der Waals surface area contributed by atoms with Gasteiger partial charge in [-0.05, 0) is 68.4 Å². The van der Waals surface area contributed by atoms with E-state index in [9.17, 15) is 15.3 Å². The second kappa shape index (κ2) is 8.95. The number of fused-ring (bicyclic) bond motifs is 5. The Bertz CT molecular complexity index is 843. The minimum Gasteiger partial charge on any atom is -0.399 e. The van der Waals surface area contributed by atoms with Gasteiger partial charge in [0.05, 0.1) is 35.8 Å². The van der Waals surface area contributed by atoms with Gasteiger partial charge in [0.25, 0.3) is 0 Å². The highest BCUT2D eigenvalue weighted by Crippen LogP contribution is 2.67. The molecule has 0 bridgehead atoms. The molecular weight excluding hydrogens is 424 g/mol. The number of hydrogen-bond donors (Lipinski definition) is 3. The van der Waals surface area contributed by atoms with Gasteiger partial charge in [-0.2, -0.15) is 0 Å². The summed E-state index contributed by atoms with van der Waals surface area (Å²) in [6, 6.07) is 0. The molecule has 8 nitrogen and oxygen atoms in total. The Morgan fingerprint density at radius 2 is 1.85 bits per heavy atom. The summed E-state index contributed by atoms with van der Waals surface area (Å²) in [6.07, 6.45) is 4.67. The van der Waals surface area contributed by atoms with Crippen molar-refractivity contribution in [3.8, 4) is 0 Å². The lowest BCUT2D eigenvalue weighted by Crippen LogP contribution is -2.61. The van der Waals surface area contributed by atoms with Gasteiger partial charge in [-0.15, -0.1) is 0 Å². The molecule has 0 radical (unpaired) electrons. The quantitative estimate of drug-likeness (QED) is 0.316. The van der Waals surface area contributed by atoms with Crippen LogP contribution in [0.3, 0.4) is 0 Å². The van der Waals surface area contributed by atoms with E-state index in [1.807, 2.05) is 13.0 Å². The van der Waals surface area contributed by atoms with Crippen molar-refractivity contribution in [1.29, 1.82) is 0 Å². The maximum atomic E-state index is 12.3. The molecule has 0 amide bonds. The fourth-order valence-corrected chi connectivity index (χ4v) is 7.59. The van der Waals surface area contributed by atoms with E-state index in [1.165, 1.54) is 7.11 Å². The van der Waals surface area contributed by atoms with Crippen molar-refractivity contribution in [2.24, 2.45) is 38.9 Å². The van der Waals surface area contributed by atoms with Crippen LogP contribution in [0.2, 0.25) is 0 Å². The molecular formula is C25H40N2O6. The lowest BCUT2D eigenvalue weighted by molar-refractivity contribution is -0.116. The SMILES string of the molecule is COCCO/N=C(\C)[C@H]1CC[C@@]2(O)C3=C/C(=N\OC)[C@@H]4C[C@@H](O)[C@@H](O)C[C@]4(C)C3CC[C@]12C. The number of methoxy groups -OCH3 is 1. The lowest BCUT2D eigenvalue weighted by atomic mass is 9.46. The molecule has 3 N–H and O–H groups in total. The van der Waals surface area contributed by atoms with Crippen LogP contribution in [-0.4, -0.2) is 72.0 Å². The summed E-state index contributed by atoms with van der Waals surface area (Å²) >= 11 is 0. The highest BCUT2D eigenvalue weighted by molar-refractivity contribution is 5.99. The molecule has 4 aliphatic carbocycles. The Hall–Kier alpha value is -1.48. The predicted octanol–water partition coefficient (Wildman–Crippen LogP) is 2.66. The lowest BCUT2D eigenvalue weighted by Gasteiger charge is -2.60. The average Bonchev–Trinajstić information content (AvgIpc) is 3.05. The second-order valence-corrected chi connectivity index (χ2v) is 11.0. The standard InChI is InChI=1S/C25H40N2O6/c1-15(26-33-11-10-31-4)16-7-9-25(30)18-12-20(27-32-5)19-13-21(28)22(29)14-23(19,2)17(18)6-8-24(16,25)3/h12,16-17,19,21-22,28-30H,6-11,13-14H2,1-5H3/b26-15+,27-20+/t16-,17?,19+,21-,22+,23-,24-,25-/m1/s1. The fourth-order valence-electron chi connectivity index (χ4n) is 7.59. The van der Waals surface area contributed by atoms with E-state index in [1.54, 1.807) is 7.11 Å². The van der Waals surface area contributed by atoms with Crippen LogP contribution in [-0.2, 0) is 14.4 Å². The first-order chi connectivity index (χ1) is 15.6. The molecule has 4 rings (SSSR count). The first-order valence-electron chi connectivity index (χ1n) is 12.2. The van der Waals surface area contributed by atoms with Crippen molar-refractivity contribution in [2.45, 2.75) is 77.1 Å². The van der Waals surface area contributed by atoms with Crippen LogP contribution < -0.4 is 0 Å². The Kier molecular flexibility index (Phi) is 6.68. The molecule has 0 aromatic heterocycles. The topological polar surface area (TPSA) is 113 Å². The zero-order valence-electron chi connectivity index (χ0n) is 20.6. The van der Waals surface area contributed by atoms with Crippen LogP contribution in [0, 0.1) is 28.6 Å². The third-order valence-electron chi connectivity index (χ3n) is 9.43. The van der Waals surface area contributed by atoms with Crippen molar-refractivity contribution in [2.75, 3.05) is 27.4 Å². The molecule has 33 heavy (non-hydrogen) atoms. The molecule has 8 atom stereocenters. The van der Waals surface area contributed by atoms with E-state index in [2.05, 4.69) is 24.2 Å². The van der Waals surface area contributed by atoms with Gasteiger partial charge in [-0.25, -0.2) is 0 Å². The van der Waals surface area contributed by atoms with Gasteiger partial charge in [-0.3, -0.25) is 0 Å². The zero-order chi connectivity index (χ0) is 24.0. The zero-order valence-corrected chi connectivity index (χ0v) is 20.6. The molecule has 1 unspecified atom stereocenters. The monoisotopic (exact) mass is 464 g/mol. The summed E-state index contributed by atoms with van der Waals surface area (Å²) in [5, 5.41) is 42.0. The number of allylic oxidation sites excluding steroid dienone is 1. The number of hydrogen-bond acceptors (Lipinski definition) is 8. The summed E-state index contributed by atoms with van der Waals surface area (Å²) in [7, 11) is 3.16. The van der Waals surface area contributed by atoms with Gasteiger partial charge in [0.1, 0.15) is 13.7 Å². The van der Waals surface area contributed by atoms with Gasteiger partial charge in [0.15, 0.2) is 0 Å². The van der Waals surface area contributed by atoms with E-state index < -0.39 is 17.8 Å². The largest absolute Gasteiger partial charge is 0.399 e. The molecule has 8 heteroatoms. The van der Waals surface area contributed by atoms with E-state index in [0.29, 0.717) is 32.5 Å². The normalized spacial score (nSPS) is 46.3. The van der Waals surface area contributed by atoms with Crippen LogP contribution in [0.25, 0.3) is 0 Å². The van der Waals surface area contributed by atoms with Crippen LogP contribution in [0.1, 0.15) is 59.3 Å². The van der Waals surface area contributed by atoms with Gasteiger partial charge < -0.3 is 29.7 Å². The van der Waals surface area contributed by atoms with Crippen molar-refractivity contribution in [1.82, 2.24) is 0 Å². The van der Waals surface area contributed by atoms with Crippen LogP contribution in [0.15, 0.2) is 22.0 Å². The molecule has 3 fully saturated rings. The molecule has 0 heterocycles. The van der Waals surface area contributed by atoms with Gasteiger partial charge >= 0.3 is 0 Å². The highest BCUT2D eigenvalue weighted by atomic mass is 16.6. The summed E-state index contributed by atoms with van der Waals surface area (Å²) in [5.74, 6) is 0.207. The maximum absolute atomic E-state index is 12.3. The van der Waals surface area contributed by atoms with Crippen molar-refractivity contribution < 1.29 is 29.7 Å².